The van der Waals surface area contributed by atoms with Crippen LogP contribution in [-0.4, -0.2) is 48.9 Å². The molecule has 6 heteroatoms. The van der Waals surface area contributed by atoms with Crippen LogP contribution in [-0.2, 0) is 4.74 Å². The monoisotopic (exact) mass is 328 g/mol. The molecule has 0 aliphatic carbocycles. The van der Waals surface area contributed by atoms with Gasteiger partial charge in [0.05, 0.1) is 18.2 Å². The first kappa shape index (κ1) is 18.7. The van der Waals surface area contributed by atoms with Gasteiger partial charge in [0, 0.05) is 25.8 Å². The molecule has 1 aromatic carbocycles. The molecule has 0 aliphatic heterocycles. The second-order valence-electron chi connectivity index (χ2n) is 6.00. The largest absolute Gasteiger partial charge is 0.389 e. The lowest BCUT2D eigenvalue weighted by atomic mass is 10.0. The Morgan fingerprint density at radius 2 is 2.00 bits per heavy atom. The summed E-state index contributed by atoms with van der Waals surface area (Å²) in [6.07, 6.45) is 0.653. The fourth-order valence-electron chi connectivity index (χ4n) is 2.16. The smallest absolute Gasteiger partial charge is 0.317 e. The number of nitrogens with one attached hydrogen (secondary N) is 1. The lowest BCUT2D eigenvalue weighted by Gasteiger charge is -2.28. The van der Waals surface area contributed by atoms with E-state index >= 15 is 0 Å². The number of carbonyl (C=O) groups excluding carboxylic acids is 1. The zero-order valence-corrected chi connectivity index (χ0v) is 14.4. The summed E-state index contributed by atoms with van der Waals surface area (Å²) in [4.78, 5) is 13.7. The van der Waals surface area contributed by atoms with E-state index in [2.05, 4.69) is 5.32 Å². The molecule has 0 aliphatic rings. The number of benzene rings is 1. The minimum atomic E-state index is -0.936. The first-order chi connectivity index (χ1) is 10.2. The zero-order chi connectivity index (χ0) is 16.8. The molecule has 1 atom stereocenters. The number of halogens is 1. The van der Waals surface area contributed by atoms with Crippen molar-refractivity contribution in [3.8, 4) is 0 Å². The number of methoxy groups -OCH3 is 1. The molecule has 0 aromatic heterocycles. The summed E-state index contributed by atoms with van der Waals surface area (Å²) < 4.78 is 5.11. The molecule has 0 saturated carbocycles. The normalized spacial score (nSPS) is 12.8. The molecule has 124 valence electrons. The molecule has 0 heterocycles. The maximum absolute atomic E-state index is 12.3. The number of amides is 2. The molecule has 2 N–H and O–H groups in total. The Hall–Kier alpha value is -1.30. The number of nitrogens with zero attached hydrogens (tertiary/aromatic N) is 1. The number of urea groups is 1. The van der Waals surface area contributed by atoms with Crippen molar-refractivity contribution in [2.24, 2.45) is 0 Å². The van der Waals surface area contributed by atoms with Crippen LogP contribution in [0.25, 0.3) is 0 Å². The number of hydrogen-bond acceptors (Lipinski definition) is 3. The molecule has 2 amide bonds. The second kappa shape index (κ2) is 8.36. The van der Waals surface area contributed by atoms with Gasteiger partial charge in [0.25, 0.3) is 0 Å². The first-order valence-electron chi connectivity index (χ1n) is 7.21. The van der Waals surface area contributed by atoms with E-state index in [1.807, 2.05) is 12.1 Å². The van der Waals surface area contributed by atoms with Crippen molar-refractivity contribution < 1.29 is 14.6 Å². The van der Waals surface area contributed by atoms with Crippen molar-refractivity contribution in [3.63, 3.8) is 0 Å². The van der Waals surface area contributed by atoms with Gasteiger partial charge < -0.3 is 20.1 Å². The van der Waals surface area contributed by atoms with E-state index in [1.54, 1.807) is 40.1 Å². The molecule has 0 bridgehead atoms. The van der Waals surface area contributed by atoms with Gasteiger partial charge in [-0.25, -0.2) is 4.79 Å². The fraction of sp³-hybridized carbons (Fsp3) is 0.562. The fourth-order valence-corrected chi connectivity index (χ4v) is 2.29. The van der Waals surface area contributed by atoms with Crippen LogP contribution in [0.5, 0.6) is 0 Å². The van der Waals surface area contributed by atoms with Crippen LogP contribution in [0.3, 0.4) is 0 Å². The van der Waals surface area contributed by atoms with Crippen LogP contribution in [0.15, 0.2) is 24.3 Å². The molecule has 0 fully saturated rings. The maximum atomic E-state index is 12.3. The standard InChI is InChI=1S/C16H25ClN2O3/c1-16(2,21)11-19(3)15(20)18-14(9-10-22-4)12-5-7-13(17)8-6-12/h5-8,14,21H,9-11H2,1-4H3,(H,18,20). The molecular weight excluding hydrogens is 304 g/mol. The Morgan fingerprint density at radius 1 is 1.41 bits per heavy atom. The van der Waals surface area contributed by atoms with Crippen molar-refractivity contribution in [1.29, 1.82) is 0 Å². The molecular formula is C16H25ClN2O3. The van der Waals surface area contributed by atoms with Gasteiger partial charge in [-0.15, -0.1) is 0 Å². The van der Waals surface area contributed by atoms with Crippen molar-refractivity contribution >= 4 is 17.6 Å². The highest BCUT2D eigenvalue weighted by molar-refractivity contribution is 6.30. The average molecular weight is 329 g/mol. The third kappa shape index (κ3) is 6.64. The third-order valence-electron chi connectivity index (χ3n) is 3.15. The van der Waals surface area contributed by atoms with Gasteiger partial charge in [0.15, 0.2) is 0 Å². The summed E-state index contributed by atoms with van der Waals surface area (Å²) >= 11 is 5.90. The van der Waals surface area contributed by atoms with Crippen LogP contribution in [0.4, 0.5) is 4.79 Å². The second-order valence-corrected chi connectivity index (χ2v) is 6.44. The Balaban J connectivity index is 2.76. The van der Waals surface area contributed by atoms with Crippen LogP contribution in [0, 0.1) is 0 Å². The SMILES string of the molecule is COCCC(NC(=O)N(C)CC(C)(C)O)c1ccc(Cl)cc1. The molecule has 0 spiro atoms. The van der Waals surface area contributed by atoms with E-state index in [9.17, 15) is 9.90 Å². The van der Waals surface area contributed by atoms with E-state index in [0.29, 0.717) is 18.1 Å². The van der Waals surface area contributed by atoms with Crippen LogP contribution < -0.4 is 5.32 Å². The van der Waals surface area contributed by atoms with E-state index < -0.39 is 5.60 Å². The number of hydrogen-bond donors (Lipinski definition) is 2. The van der Waals surface area contributed by atoms with E-state index in [-0.39, 0.29) is 18.6 Å². The van der Waals surface area contributed by atoms with Crippen molar-refractivity contribution in [1.82, 2.24) is 10.2 Å². The zero-order valence-electron chi connectivity index (χ0n) is 13.6. The van der Waals surface area contributed by atoms with Gasteiger partial charge in [-0.1, -0.05) is 23.7 Å². The Labute approximate surface area is 137 Å². The highest BCUT2D eigenvalue weighted by Gasteiger charge is 2.22. The summed E-state index contributed by atoms with van der Waals surface area (Å²) in [6, 6.07) is 6.96. The van der Waals surface area contributed by atoms with Crippen molar-refractivity contribution in [2.45, 2.75) is 31.9 Å². The lowest BCUT2D eigenvalue weighted by Crippen LogP contribution is -2.45. The molecule has 1 unspecified atom stereocenters. The van der Waals surface area contributed by atoms with Gasteiger partial charge in [0.1, 0.15) is 0 Å². The maximum Gasteiger partial charge on any atom is 0.317 e. The first-order valence-corrected chi connectivity index (χ1v) is 7.59. The van der Waals surface area contributed by atoms with Crippen LogP contribution in [0.2, 0.25) is 5.02 Å². The predicted molar refractivity (Wildman–Crippen MR) is 88.1 cm³/mol. The van der Waals surface area contributed by atoms with Gasteiger partial charge >= 0.3 is 6.03 Å². The lowest BCUT2D eigenvalue weighted by molar-refractivity contribution is 0.0525. The Bertz CT molecular complexity index is 471. The Kier molecular flexibility index (Phi) is 7.13. The topological polar surface area (TPSA) is 61.8 Å². The van der Waals surface area contributed by atoms with E-state index in [0.717, 1.165) is 5.56 Å². The van der Waals surface area contributed by atoms with E-state index in [1.165, 1.54) is 4.90 Å². The summed E-state index contributed by atoms with van der Waals surface area (Å²) in [6.45, 7) is 4.11. The molecule has 1 aromatic rings. The highest BCUT2D eigenvalue weighted by Crippen LogP contribution is 2.20. The molecule has 1 rings (SSSR count). The highest BCUT2D eigenvalue weighted by atomic mass is 35.5. The number of rotatable bonds is 7. The minimum absolute atomic E-state index is 0.172. The summed E-state index contributed by atoms with van der Waals surface area (Å²) in [5.41, 5.74) is 0.0282. The van der Waals surface area contributed by atoms with Gasteiger partial charge in [0.2, 0.25) is 0 Å². The molecule has 22 heavy (non-hydrogen) atoms. The van der Waals surface area contributed by atoms with Gasteiger partial charge in [-0.05, 0) is 38.0 Å². The van der Waals surface area contributed by atoms with Gasteiger partial charge in [-0.2, -0.15) is 0 Å². The average Bonchev–Trinajstić information content (AvgIpc) is 2.42. The number of aliphatic hydroxyl groups is 1. The van der Waals surface area contributed by atoms with Crippen LogP contribution >= 0.6 is 11.6 Å². The molecule has 0 radical (unpaired) electrons. The van der Waals surface area contributed by atoms with E-state index in [4.69, 9.17) is 16.3 Å². The number of likely N-dealkylation sites (N-methyl/N-ethyl adjacent to an activating group) is 1. The number of ether oxygens (including phenoxy) is 1. The summed E-state index contributed by atoms with van der Waals surface area (Å²) in [5.74, 6) is 0. The Morgan fingerprint density at radius 3 is 2.50 bits per heavy atom. The third-order valence-corrected chi connectivity index (χ3v) is 3.40. The molecule has 5 nitrogen and oxygen atoms in total. The van der Waals surface area contributed by atoms with Crippen LogP contribution in [0.1, 0.15) is 31.9 Å². The molecule has 0 saturated heterocycles. The van der Waals surface area contributed by atoms with Gasteiger partial charge in [-0.3, -0.25) is 0 Å². The minimum Gasteiger partial charge on any atom is -0.389 e. The number of carbonyl (C=O) groups is 1. The van der Waals surface area contributed by atoms with Crippen molar-refractivity contribution in [2.75, 3.05) is 27.3 Å². The summed E-state index contributed by atoms with van der Waals surface area (Å²) in [7, 11) is 3.28. The van der Waals surface area contributed by atoms with Crippen molar-refractivity contribution in [3.05, 3.63) is 34.9 Å². The quantitative estimate of drug-likeness (QED) is 0.809. The summed E-state index contributed by atoms with van der Waals surface area (Å²) in [5, 5.41) is 13.4. The predicted octanol–water partition coefficient (Wildman–Crippen LogP) is 2.83.